The molecular formula is C24H27N3O5S. The Labute approximate surface area is 193 Å². The molecule has 3 aliphatic rings. The number of anilines is 1. The molecule has 5 rings (SSSR count). The summed E-state index contributed by atoms with van der Waals surface area (Å²) in [6, 6.07) is 8.91. The highest BCUT2D eigenvalue weighted by molar-refractivity contribution is 7.89. The quantitative estimate of drug-likeness (QED) is 0.386. The normalized spacial score (nSPS) is 25.3. The topological polar surface area (TPSA) is 113 Å². The Morgan fingerprint density at radius 3 is 2.61 bits per heavy atom. The zero-order valence-corrected chi connectivity index (χ0v) is 19.2. The first-order chi connectivity index (χ1) is 15.8. The van der Waals surface area contributed by atoms with Crippen molar-refractivity contribution in [1.29, 1.82) is 0 Å². The van der Waals surface area contributed by atoms with E-state index in [1.54, 1.807) is 22.5 Å². The van der Waals surface area contributed by atoms with Crippen LogP contribution in [0.15, 0.2) is 53.4 Å². The van der Waals surface area contributed by atoms with Gasteiger partial charge in [-0.05, 0) is 60.9 Å². The fraction of sp³-hybridized carbons (Fsp3) is 0.417. The number of nitro groups is 1. The minimum absolute atomic E-state index is 0.00530. The van der Waals surface area contributed by atoms with Crippen LogP contribution in [0, 0.1) is 22.0 Å². The zero-order chi connectivity index (χ0) is 23.3. The minimum atomic E-state index is -3.57. The second-order valence-corrected chi connectivity index (χ2v) is 11.2. The number of piperidine rings is 1. The number of fused-ring (bicyclic) bond motifs is 3. The minimum Gasteiger partial charge on any atom is -0.508 e. The van der Waals surface area contributed by atoms with E-state index in [0.717, 1.165) is 30.5 Å². The van der Waals surface area contributed by atoms with Crippen LogP contribution in [-0.4, -0.2) is 35.8 Å². The lowest BCUT2D eigenvalue weighted by Gasteiger charge is -2.38. The number of hydrogen-bond donors (Lipinski definition) is 2. The number of nitrogens with one attached hydrogen (secondary N) is 1. The second-order valence-electron chi connectivity index (χ2n) is 9.31. The number of allylic oxidation sites excluding steroid dienone is 2. The zero-order valence-electron chi connectivity index (χ0n) is 18.3. The highest BCUT2D eigenvalue weighted by atomic mass is 32.2. The van der Waals surface area contributed by atoms with Gasteiger partial charge in [0.15, 0.2) is 0 Å². The molecule has 0 aromatic heterocycles. The number of aromatic hydroxyl groups is 1. The summed E-state index contributed by atoms with van der Waals surface area (Å²) in [5.74, 6) is 0.516. The van der Waals surface area contributed by atoms with E-state index in [1.807, 2.05) is 0 Å². The van der Waals surface area contributed by atoms with Crippen LogP contribution in [-0.2, 0) is 10.0 Å². The van der Waals surface area contributed by atoms with E-state index in [0.29, 0.717) is 29.5 Å². The smallest absolute Gasteiger partial charge is 0.270 e. The number of non-ortho nitro benzene ring substituents is 1. The molecule has 3 unspecified atom stereocenters. The molecule has 0 spiro atoms. The summed E-state index contributed by atoms with van der Waals surface area (Å²) in [5, 5.41) is 25.2. The van der Waals surface area contributed by atoms with E-state index in [1.165, 1.54) is 18.2 Å². The Kier molecular flexibility index (Phi) is 5.41. The average Bonchev–Trinajstić information content (AvgIpc) is 3.29. The third-order valence-corrected chi connectivity index (χ3v) is 9.17. The third-order valence-electron chi connectivity index (χ3n) is 7.27. The third kappa shape index (κ3) is 3.79. The van der Waals surface area contributed by atoms with Gasteiger partial charge in [0.05, 0.1) is 15.9 Å². The van der Waals surface area contributed by atoms with E-state index < -0.39 is 14.9 Å². The summed E-state index contributed by atoms with van der Waals surface area (Å²) in [4.78, 5) is 11.1. The molecule has 2 N–H and O–H groups in total. The van der Waals surface area contributed by atoms with Gasteiger partial charge in [0.2, 0.25) is 10.0 Å². The van der Waals surface area contributed by atoms with Gasteiger partial charge in [0.1, 0.15) is 5.75 Å². The molecule has 2 heterocycles. The summed E-state index contributed by atoms with van der Waals surface area (Å²) in [6.45, 7) is 3.23. The number of hydrogen-bond acceptors (Lipinski definition) is 6. The van der Waals surface area contributed by atoms with E-state index in [9.17, 15) is 23.6 Å². The van der Waals surface area contributed by atoms with Gasteiger partial charge in [-0.2, -0.15) is 4.31 Å². The molecule has 9 heteroatoms. The van der Waals surface area contributed by atoms with Crippen molar-refractivity contribution in [2.24, 2.45) is 11.8 Å². The van der Waals surface area contributed by atoms with E-state index in [2.05, 4.69) is 24.4 Å². The molecule has 0 saturated carbocycles. The predicted molar refractivity (Wildman–Crippen MR) is 125 cm³/mol. The molecule has 0 radical (unpaired) electrons. The van der Waals surface area contributed by atoms with Crippen molar-refractivity contribution in [1.82, 2.24) is 4.31 Å². The summed E-state index contributed by atoms with van der Waals surface area (Å²) in [5.41, 5.74) is 2.09. The first kappa shape index (κ1) is 21.9. The number of sulfonamides is 1. The van der Waals surface area contributed by atoms with Gasteiger partial charge in [0.25, 0.3) is 5.69 Å². The fourth-order valence-corrected chi connectivity index (χ4v) is 6.83. The SMILES string of the molecule is CC1CCN(S(=O)(=O)c2ccc3c(c2)C2C=CCC2C(c2cc([N+](=O)[O-])ccc2O)N3)CC1. The first-order valence-electron chi connectivity index (χ1n) is 11.3. The van der Waals surface area contributed by atoms with Gasteiger partial charge in [-0.15, -0.1) is 0 Å². The van der Waals surface area contributed by atoms with Crippen molar-refractivity contribution < 1.29 is 18.4 Å². The second kappa shape index (κ2) is 8.14. The molecule has 2 aliphatic heterocycles. The van der Waals surface area contributed by atoms with Gasteiger partial charge >= 0.3 is 0 Å². The fourth-order valence-electron chi connectivity index (χ4n) is 5.32. The number of nitro benzene ring substituents is 1. The molecule has 1 aliphatic carbocycles. The number of benzene rings is 2. The molecule has 2 aromatic rings. The number of phenolic OH excluding ortho intramolecular Hbond substituents is 1. The van der Waals surface area contributed by atoms with E-state index in [4.69, 9.17) is 0 Å². The Bertz CT molecular complexity index is 1230. The Balaban J connectivity index is 1.51. The van der Waals surface area contributed by atoms with E-state index >= 15 is 0 Å². The molecule has 0 bridgehead atoms. The molecule has 8 nitrogen and oxygen atoms in total. The van der Waals surface area contributed by atoms with Crippen molar-refractivity contribution >= 4 is 21.4 Å². The lowest BCUT2D eigenvalue weighted by molar-refractivity contribution is -0.385. The van der Waals surface area contributed by atoms with Crippen molar-refractivity contribution in [3.05, 3.63) is 69.8 Å². The molecule has 1 fully saturated rings. The lowest BCUT2D eigenvalue weighted by Crippen LogP contribution is -2.38. The van der Waals surface area contributed by atoms with Crippen LogP contribution in [0.1, 0.15) is 49.3 Å². The van der Waals surface area contributed by atoms with Crippen LogP contribution in [0.3, 0.4) is 0 Å². The standard InChI is InChI=1S/C24H27N3O5S/c1-15-9-11-26(12-10-15)33(31,32)17-6-7-22-20(14-17)18-3-2-4-19(18)24(25-22)21-13-16(27(29)30)5-8-23(21)28/h2-3,5-8,13-15,18-19,24-25,28H,4,9-12H2,1H3. The highest BCUT2D eigenvalue weighted by Crippen LogP contribution is 2.51. The van der Waals surface area contributed by atoms with Crippen LogP contribution >= 0.6 is 0 Å². The maximum atomic E-state index is 13.3. The van der Waals surface area contributed by atoms with Gasteiger partial charge in [-0.3, -0.25) is 10.1 Å². The van der Waals surface area contributed by atoms with Crippen molar-refractivity contribution in [2.75, 3.05) is 18.4 Å². The maximum Gasteiger partial charge on any atom is 0.270 e. The molecule has 2 aromatic carbocycles. The summed E-state index contributed by atoms with van der Waals surface area (Å²) in [7, 11) is -3.57. The van der Waals surface area contributed by atoms with Crippen LogP contribution in [0.5, 0.6) is 5.75 Å². The first-order valence-corrected chi connectivity index (χ1v) is 12.7. The van der Waals surface area contributed by atoms with Gasteiger partial charge in [-0.25, -0.2) is 8.42 Å². The molecular weight excluding hydrogens is 442 g/mol. The maximum absolute atomic E-state index is 13.3. The van der Waals surface area contributed by atoms with Crippen LogP contribution in [0.2, 0.25) is 0 Å². The van der Waals surface area contributed by atoms with Crippen molar-refractivity contribution in [3.8, 4) is 5.75 Å². The monoisotopic (exact) mass is 469 g/mol. The van der Waals surface area contributed by atoms with Crippen molar-refractivity contribution in [2.45, 2.75) is 43.0 Å². The Hall–Kier alpha value is -2.91. The predicted octanol–water partition coefficient (Wildman–Crippen LogP) is 4.55. The highest BCUT2D eigenvalue weighted by Gasteiger charge is 2.40. The number of phenols is 1. The van der Waals surface area contributed by atoms with E-state index in [-0.39, 0.29) is 29.3 Å². The van der Waals surface area contributed by atoms with Crippen molar-refractivity contribution in [3.63, 3.8) is 0 Å². The number of rotatable bonds is 4. The lowest BCUT2D eigenvalue weighted by atomic mass is 9.77. The Morgan fingerprint density at radius 2 is 1.88 bits per heavy atom. The Morgan fingerprint density at radius 1 is 1.12 bits per heavy atom. The molecule has 3 atom stereocenters. The molecule has 0 amide bonds. The summed E-state index contributed by atoms with van der Waals surface area (Å²) in [6.07, 6.45) is 6.59. The van der Waals surface area contributed by atoms with Crippen LogP contribution in [0.4, 0.5) is 11.4 Å². The van der Waals surface area contributed by atoms with Gasteiger partial charge < -0.3 is 10.4 Å². The molecule has 33 heavy (non-hydrogen) atoms. The number of nitrogens with zero attached hydrogens (tertiary/aromatic N) is 2. The average molecular weight is 470 g/mol. The van der Waals surface area contributed by atoms with Crippen LogP contribution < -0.4 is 5.32 Å². The summed E-state index contributed by atoms with van der Waals surface area (Å²) < 4.78 is 28.2. The largest absolute Gasteiger partial charge is 0.508 e. The van der Waals surface area contributed by atoms with Gasteiger partial charge in [0, 0.05) is 42.4 Å². The summed E-state index contributed by atoms with van der Waals surface area (Å²) >= 11 is 0. The van der Waals surface area contributed by atoms with Crippen LogP contribution in [0.25, 0.3) is 0 Å². The molecule has 1 saturated heterocycles. The molecule has 174 valence electrons. The van der Waals surface area contributed by atoms with Gasteiger partial charge in [-0.1, -0.05) is 19.1 Å².